The van der Waals surface area contributed by atoms with Crippen LogP contribution in [0.1, 0.15) is 32.0 Å². The van der Waals surface area contributed by atoms with E-state index in [2.05, 4.69) is 4.98 Å². The van der Waals surface area contributed by atoms with Gasteiger partial charge < -0.3 is 15.4 Å². The molecule has 2 rings (SSSR count). The Bertz CT molecular complexity index is 559. The molecule has 0 saturated carbocycles. The quantitative estimate of drug-likeness (QED) is 0.855. The number of ether oxygens (including phenoxy) is 1. The lowest BCUT2D eigenvalue weighted by Crippen LogP contribution is -2.35. The highest BCUT2D eigenvalue weighted by Gasteiger charge is 2.26. The summed E-state index contributed by atoms with van der Waals surface area (Å²) in [6.07, 6.45) is 3.44. The number of carbonyl (C=O) groups excluding carboxylic acids is 1. The normalized spacial score (nSPS) is 15.2. The molecule has 1 aromatic heterocycles. The van der Waals surface area contributed by atoms with E-state index in [9.17, 15) is 4.79 Å². The molecule has 20 heavy (non-hydrogen) atoms. The Morgan fingerprint density at radius 1 is 1.45 bits per heavy atom. The Balaban J connectivity index is 2.04. The van der Waals surface area contributed by atoms with Crippen LogP contribution in [0.5, 0.6) is 0 Å². The van der Waals surface area contributed by atoms with Gasteiger partial charge in [0.2, 0.25) is 0 Å². The molecule has 1 aliphatic rings. The van der Waals surface area contributed by atoms with Crippen molar-refractivity contribution in [1.82, 2.24) is 9.88 Å². The number of hydrogen-bond donors (Lipinski definition) is 1. The van der Waals surface area contributed by atoms with E-state index in [4.69, 9.17) is 10.5 Å². The van der Waals surface area contributed by atoms with Crippen LogP contribution in [0, 0.1) is 6.92 Å². The highest BCUT2D eigenvalue weighted by Crippen LogP contribution is 2.23. The van der Waals surface area contributed by atoms with Crippen molar-refractivity contribution < 1.29 is 9.53 Å². The van der Waals surface area contributed by atoms with Crippen LogP contribution < -0.4 is 5.73 Å². The SMILES string of the molecule is Cc1cnc(C2=CCN(C(=O)OC(C)(C)C)C2)cc1N. The van der Waals surface area contributed by atoms with Gasteiger partial charge in [0, 0.05) is 18.4 Å². The summed E-state index contributed by atoms with van der Waals surface area (Å²) in [4.78, 5) is 18.0. The third-order valence-corrected chi connectivity index (χ3v) is 3.04. The molecule has 1 aliphatic heterocycles. The number of nitrogens with zero attached hydrogens (tertiary/aromatic N) is 2. The van der Waals surface area contributed by atoms with Crippen LogP contribution in [-0.4, -0.2) is 34.7 Å². The van der Waals surface area contributed by atoms with Crippen molar-refractivity contribution in [1.29, 1.82) is 0 Å². The van der Waals surface area contributed by atoms with Crippen LogP contribution >= 0.6 is 0 Å². The molecule has 0 radical (unpaired) electrons. The Hall–Kier alpha value is -2.04. The Kier molecular flexibility index (Phi) is 3.70. The molecule has 0 aromatic carbocycles. The lowest BCUT2D eigenvalue weighted by atomic mass is 10.1. The highest BCUT2D eigenvalue weighted by atomic mass is 16.6. The fourth-order valence-corrected chi connectivity index (χ4v) is 1.92. The van der Waals surface area contributed by atoms with Gasteiger partial charge in [0.05, 0.1) is 12.2 Å². The zero-order chi connectivity index (χ0) is 14.9. The van der Waals surface area contributed by atoms with Gasteiger partial charge in [-0.3, -0.25) is 4.98 Å². The maximum Gasteiger partial charge on any atom is 0.410 e. The summed E-state index contributed by atoms with van der Waals surface area (Å²) in [5.74, 6) is 0. The number of anilines is 1. The number of aromatic nitrogens is 1. The maximum absolute atomic E-state index is 12.0. The van der Waals surface area contributed by atoms with Crippen molar-refractivity contribution in [2.24, 2.45) is 0 Å². The number of rotatable bonds is 1. The van der Waals surface area contributed by atoms with E-state index in [0.717, 1.165) is 16.8 Å². The summed E-state index contributed by atoms with van der Waals surface area (Å²) in [5.41, 5.74) is 8.90. The topological polar surface area (TPSA) is 68.5 Å². The Morgan fingerprint density at radius 2 is 2.15 bits per heavy atom. The number of nitrogens with two attached hydrogens (primary N) is 1. The largest absolute Gasteiger partial charge is 0.444 e. The maximum atomic E-state index is 12.0. The minimum atomic E-state index is -0.480. The van der Waals surface area contributed by atoms with Gasteiger partial charge in [0.25, 0.3) is 0 Å². The molecule has 0 bridgehead atoms. The van der Waals surface area contributed by atoms with Crippen molar-refractivity contribution in [2.45, 2.75) is 33.3 Å². The summed E-state index contributed by atoms with van der Waals surface area (Å²) in [6, 6.07) is 1.85. The molecule has 2 N–H and O–H groups in total. The summed E-state index contributed by atoms with van der Waals surface area (Å²) >= 11 is 0. The van der Waals surface area contributed by atoms with E-state index in [1.807, 2.05) is 39.8 Å². The first-order valence-corrected chi connectivity index (χ1v) is 6.66. The van der Waals surface area contributed by atoms with E-state index in [-0.39, 0.29) is 6.09 Å². The second-order valence-electron chi connectivity index (χ2n) is 6.02. The number of carbonyl (C=O) groups is 1. The van der Waals surface area contributed by atoms with Crippen LogP contribution in [-0.2, 0) is 4.74 Å². The zero-order valence-corrected chi connectivity index (χ0v) is 12.4. The van der Waals surface area contributed by atoms with Crippen molar-refractivity contribution in [3.8, 4) is 0 Å². The van der Waals surface area contributed by atoms with Crippen LogP contribution in [0.3, 0.4) is 0 Å². The fraction of sp³-hybridized carbons (Fsp3) is 0.467. The second kappa shape index (κ2) is 5.15. The van der Waals surface area contributed by atoms with Crippen LogP contribution in [0.15, 0.2) is 18.3 Å². The molecule has 5 heteroatoms. The van der Waals surface area contributed by atoms with E-state index < -0.39 is 5.60 Å². The molecule has 0 atom stereocenters. The molecule has 2 heterocycles. The summed E-state index contributed by atoms with van der Waals surface area (Å²) in [5, 5.41) is 0. The lowest BCUT2D eigenvalue weighted by Gasteiger charge is -2.24. The van der Waals surface area contributed by atoms with Crippen LogP contribution in [0.25, 0.3) is 5.57 Å². The highest BCUT2D eigenvalue weighted by molar-refractivity contribution is 5.77. The van der Waals surface area contributed by atoms with Crippen molar-refractivity contribution in [3.05, 3.63) is 29.6 Å². The molecule has 0 unspecified atom stereocenters. The molecule has 1 amide bonds. The average molecular weight is 275 g/mol. The lowest BCUT2D eigenvalue weighted by molar-refractivity contribution is 0.0306. The van der Waals surface area contributed by atoms with E-state index in [1.165, 1.54) is 0 Å². The number of aryl methyl sites for hydroxylation is 1. The van der Waals surface area contributed by atoms with Gasteiger partial charge in [-0.15, -0.1) is 0 Å². The van der Waals surface area contributed by atoms with Gasteiger partial charge in [-0.2, -0.15) is 0 Å². The predicted octanol–water partition coefficient (Wildman–Crippen LogP) is 2.61. The molecule has 0 saturated heterocycles. The first kappa shape index (κ1) is 14.4. The summed E-state index contributed by atoms with van der Waals surface area (Å²) in [6.45, 7) is 8.54. The van der Waals surface area contributed by atoms with Gasteiger partial charge in [0.1, 0.15) is 5.60 Å². The van der Waals surface area contributed by atoms with E-state index in [0.29, 0.717) is 18.8 Å². The minimum Gasteiger partial charge on any atom is -0.444 e. The van der Waals surface area contributed by atoms with Gasteiger partial charge >= 0.3 is 6.09 Å². The first-order valence-electron chi connectivity index (χ1n) is 6.66. The zero-order valence-electron chi connectivity index (χ0n) is 12.4. The number of nitrogen functional groups attached to an aromatic ring is 1. The van der Waals surface area contributed by atoms with Crippen molar-refractivity contribution >= 4 is 17.4 Å². The molecule has 0 fully saturated rings. The third-order valence-electron chi connectivity index (χ3n) is 3.04. The molecule has 1 aromatic rings. The fourth-order valence-electron chi connectivity index (χ4n) is 1.92. The summed E-state index contributed by atoms with van der Waals surface area (Å²) in [7, 11) is 0. The predicted molar refractivity (Wildman–Crippen MR) is 79.2 cm³/mol. The molecular formula is C15H21N3O2. The van der Waals surface area contributed by atoms with Gasteiger partial charge in [-0.1, -0.05) is 6.08 Å². The third kappa shape index (κ3) is 3.29. The molecule has 0 aliphatic carbocycles. The van der Waals surface area contributed by atoms with Crippen molar-refractivity contribution in [3.63, 3.8) is 0 Å². The average Bonchev–Trinajstić information content (AvgIpc) is 2.80. The molecule has 108 valence electrons. The standard InChI is InChI=1S/C15H21N3O2/c1-10-8-17-13(7-12(10)16)11-5-6-18(9-11)14(19)20-15(2,3)4/h5,7-8H,6,9H2,1-4H3,(H2,16,17). The molecule has 5 nitrogen and oxygen atoms in total. The Morgan fingerprint density at radius 3 is 2.75 bits per heavy atom. The number of hydrogen-bond acceptors (Lipinski definition) is 4. The van der Waals surface area contributed by atoms with Gasteiger partial charge in [0.15, 0.2) is 0 Å². The number of pyridine rings is 1. The molecular weight excluding hydrogens is 254 g/mol. The second-order valence-corrected chi connectivity index (χ2v) is 6.02. The van der Waals surface area contributed by atoms with Crippen LogP contribution in [0.2, 0.25) is 0 Å². The van der Waals surface area contributed by atoms with Gasteiger partial charge in [-0.25, -0.2) is 4.79 Å². The smallest absolute Gasteiger partial charge is 0.410 e. The molecule has 0 spiro atoms. The van der Waals surface area contributed by atoms with Crippen molar-refractivity contribution in [2.75, 3.05) is 18.8 Å². The van der Waals surface area contributed by atoms with Gasteiger partial charge in [-0.05, 0) is 44.9 Å². The monoisotopic (exact) mass is 275 g/mol. The summed E-state index contributed by atoms with van der Waals surface area (Å²) < 4.78 is 5.36. The van der Waals surface area contributed by atoms with Crippen LogP contribution in [0.4, 0.5) is 10.5 Å². The Labute approximate surface area is 119 Å². The number of amides is 1. The minimum absolute atomic E-state index is 0.302. The first-order chi connectivity index (χ1) is 9.26. The van der Waals surface area contributed by atoms with E-state index >= 15 is 0 Å². The van der Waals surface area contributed by atoms with E-state index in [1.54, 1.807) is 11.1 Å².